The number of hydrogen-bond donors (Lipinski definition) is 2. The molecule has 112 valence electrons. The van der Waals surface area contributed by atoms with Gasteiger partial charge in [-0.2, -0.15) is 13.2 Å². The van der Waals surface area contributed by atoms with Crippen LogP contribution in [0.25, 0.3) is 0 Å². The van der Waals surface area contributed by atoms with E-state index in [0.717, 1.165) is 0 Å². The van der Waals surface area contributed by atoms with Gasteiger partial charge >= 0.3 is 6.18 Å². The molecule has 2 N–H and O–H groups in total. The molecule has 20 heavy (non-hydrogen) atoms. The highest BCUT2D eigenvalue weighted by Crippen LogP contribution is 2.38. The van der Waals surface area contributed by atoms with E-state index in [1.54, 1.807) is 26.8 Å². The van der Waals surface area contributed by atoms with Gasteiger partial charge in [-0.25, -0.2) is 0 Å². The minimum absolute atomic E-state index is 0.304. The minimum atomic E-state index is -4.89. The standard InChI is InChI=1S/C14H18F3NO2/c1-12(2,3)11(19)18-9-13(20,14(15,16)17)10-7-5-4-6-8-10/h4-8,20H,9H2,1-3H3,(H,18,19)/t13-/m1/s1. The van der Waals surface area contributed by atoms with Crippen molar-refractivity contribution >= 4 is 5.91 Å². The normalized spacial score (nSPS) is 15.6. The predicted molar refractivity (Wildman–Crippen MR) is 68.9 cm³/mol. The maximum Gasteiger partial charge on any atom is 0.423 e. The zero-order chi connectivity index (χ0) is 15.6. The number of halogens is 3. The van der Waals surface area contributed by atoms with Gasteiger partial charge in [0.2, 0.25) is 11.5 Å². The number of amides is 1. The van der Waals surface area contributed by atoms with Crippen LogP contribution in [-0.2, 0) is 10.4 Å². The zero-order valence-electron chi connectivity index (χ0n) is 11.6. The van der Waals surface area contributed by atoms with Crippen molar-refractivity contribution < 1.29 is 23.1 Å². The number of alkyl halides is 3. The highest BCUT2D eigenvalue weighted by Gasteiger charge is 2.55. The second-order valence-corrected chi connectivity index (χ2v) is 5.66. The van der Waals surface area contributed by atoms with E-state index in [1.807, 2.05) is 0 Å². The first-order valence-corrected chi connectivity index (χ1v) is 6.11. The van der Waals surface area contributed by atoms with Gasteiger partial charge in [-0.3, -0.25) is 4.79 Å². The number of hydrogen-bond acceptors (Lipinski definition) is 2. The van der Waals surface area contributed by atoms with Crippen LogP contribution in [0, 0.1) is 5.41 Å². The van der Waals surface area contributed by atoms with Crippen molar-refractivity contribution in [3.05, 3.63) is 35.9 Å². The van der Waals surface area contributed by atoms with E-state index >= 15 is 0 Å². The Hall–Kier alpha value is -1.56. The molecule has 0 aromatic heterocycles. The Balaban J connectivity index is 3.01. The highest BCUT2D eigenvalue weighted by molar-refractivity contribution is 5.81. The van der Waals surface area contributed by atoms with Crippen LogP contribution in [0.4, 0.5) is 13.2 Å². The average molecular weight is 289 g/mol. The third kappa shape index (κ3) is 3.50. The zero-order valence-corrected chi connectivity index (χ0v) is 11.6. The molecule has 0 aliphatic rings. The van der Waals surface area contributed by atoms with Gasteiger partial charge in [0.05, 0.1) is 6.54 Å². The Kier molecular flexibility index (Phi) is 4.49. The lowest BCUT2D eigenvalue weighted by atomic mass is 9.91. The van der Waals surface area contributed by atoms with E-state index < -0.39 is 29.6 Å². The summed E-state index contributed by atoms with van der Waals surface area (Å²) in [4.78, 5) is 11.7. The summed E-state index contributed by atoms with van der Waals surface area (Å²) in [5, 5.41) is 12.2. The van der Waals surface area contributed by atoms with Crippen molar-refractivity contribution in [3.63, 3.8) is 0 Å². The van der Waals surface area contributed by atoms with Gasteiger partial charge in [0.15, 0.2) is 0 Å². The van der Waals surface area contributed by atoms with Crippen LogP contribution in [0.3, 0.4) is 0 Å². The minimum Gasteiger partial charge on any atom is -0.375 e. The van der Waals surface area contributed by atoms with Gasteiger partial charge < -0.3 is 10.4 Å². The molecule has 0 unspecified atom stereocenters. The van der Waals surface area contributed by atoms with Crippen molar-refractivity contribution in [1.29, 1.82) is 0 Å². The molecule has 0 saturated carbocycles. The third-order valence-electron chi connectivity index (χ3n) is 2.91. The molecule has 0 aliphatic carbocycles. The second kappa shape index (κ2) is 5.44. The van der Waals surface area contributed by atoms with Crippen molar-refractivity contribution in [1.82, 2.24) is 5.32 Å². The molecule has 1 amide bonds. The summed E-state index contributed by atoms with van der Waals surface area (Å²) in [7, 11) is 0. The lowest BCUT2D eigenvalue weighted by Crippen LogP contribution is -2.52. The molecule has 6 heteroatoms. The number of carbonyl (C=O) groups excluding carboxylic acids is 1. The Labute approximate surface area is 115 Å². The van der Waals surface area contributed by atoms with Gasteiger partial charge in [0.25, 0.3) is 0 Å². The molecule has 0 fully saturated rings. The first-order valence-electron chi connectivity index (χ1n) is 6.11. The maximum atomic E-state index is 13.1. The number of carbonyl (C=O) groups is 1. The highest BCUT2D eigenvalue weighted by atomic mass is 19.4. The van der Waals surface area contributed by atoms with Gasteiger partial charge in [-0.15, -0.1) is 0 Å². The Morgan fingerprint density at radius 2 is 1.65 bits per heavy atom. The SMILES string of the molecule is CC(C)(C)C(=O)NC[C@@](O)(c1ccccc1)C(F)(F)F. The van der Waals surface area contributed by atoms with E-state index in [1.165, 1.54) is 24.3 Å². The van der Waals surface area contributed by atoms with Crippen LogP contribution in [0.5, 0.6) is 0 Å². The summed E-state index contributed by atoms with van der Waals surface area (Å²) in [5.41, 5.74) is -4.24. The second-order valence-electron chi connectivity index (χ2n) is 5.66. The molecule has 0 aliphatic heterocycles. The van der Waals surface area contributed by atoms with Crippen LogP contribution < -0.4 is 5.32 Å². The molecule has 1 rings (SSSR count). The molecule has 0 bridgehead atoms. The fraction of sp³-hybridized carbons (Fsp3) is 0.500. The summed E-state index contributed by atoms with van der Waals surface area (Å²) in [6, 6.07) is 6.71. The molecule has 1 atom stereocenters. The smallest absolute Gasteiger partial charge is 0.375 e. The van der Waals surface area contributed by atoms with Crippen LogP contribution in [0.2, 0.25) is 0 Å². The lowest BCUT2D eigenvalue weighted by molar-refractivity contribution is -0.264. The van der Waals surface area contributed by atoms with Crippen LogP contribution in [0.15, 0.2) is 30.3 Å². The Morgan fingerprint density at radius 1 is 1.15 bits per heavy atom. The lowest BCUT2D eigenvalue weighted by Gasteiger charge is -2.32. The molecule has 0 saturated heterocycles. The van der Waals surface area contributed by atoms with Crippen LogP contribution >= 0.6 is 0 Å². The monoisotopic (exact) mass is 289 g/mol. The van der Waals surface area contributed by atoms with Crippen LogP contribution in [-0.4, -0.2) is 23.7 Å². The fourth-order valence-corrected chi connectivity index (χ4v) is 1.55. The molecule has 0 spiro atoms. The summed E-state index contributed by atoms with van der Waals surface area (Å²) < 4.78 is 39.4. The van der Waals surface area contributed by atoms with Crippen molar-refractivity contribution in [3.8, 4) is 0 Å². The number of nitrogens with one attached hydrogen (secondary N) is 1. The quantitative estimate of drug-likeness (QED) is 0.898. The van der Waals surface area contributed by atoms with Gasteiger partial charge in [-0.05, 0) is 5.56 Å². The number of benzene rings is 1. The molecule has 1 aromatic carbocycles. The number of aliphatic hydroxyl groups is 1. The van der Waals surface area contributed by atoms with Gasteiger partial charge in [-0.1, -0.05) is 51.1 Å². The molecule has 0 radical (unpaired) electrons. The Morgan fingerprint density at radius 3 is 2.05 bits per heavy atom. The summed E-state index contributed by atoms with van der Waals surface area (Å²) in [6.07, 6.45) is -4.89. The summed E-state index contributed by atoms with van der Waals surface area (Å²) >= 11 is 0. The van der Waals surface area contributed by atoms with Crippen molar-refractivity contribution in [2.45, 2.75) is 32.5 Å². The molecule has 0 heterocycles. The van der Waals surface area contributed by atoms with Crippen LogP contribution in [0.1, 0.15) is 26.3 Å². The predicted octanol–water partition coefficient (Wildman–Crippen LogP) is 2.60. The maximum absolute atomic E-state index is 13.1. The first kappa shape index (κ1) is 16.5. The fourth-order valence-electron chi connectivity index (χ4n) is 1.55. The first-order chi connectivity index (χ1) is 8.98. The average Bonchev–Trinajstić information content (AvgIpc) is 2.34. The van der Waals surface area contributed by atoms with Crippen molar-refractivity contribution in [2.24, 2.45) is 5.41 Å². The van der Waals surface area contributed by atoms with E-state index in [9.17, 15) is 23.1 Å². The Bertz CT molecular complexity index is 466. The topological polar surface area (TPSA) is 49.3 Å². The van der Waals surface area contributed by atoms with Crippen molar-refractivity contribution in [2.75, 3.05) is 6.54 Å². The molecular formula is C14H18F3NO2. The van der Waals surface area contributed by atoms with E-state index in [-0.39, 0.29) is 5.56 Å². The largest absolute Gasteiger partial charge is 0.423 e. The van der Waals surface area contributed by atoms with E-state index in [4.69, 9.17) is 0 Å². The van der Waals surface area contributed by atoms with Gasteiger partial charge in [0.1, 0.15) is 0 Å². The molecular weight excluding hydrogens is 271 g/mol. The summed E-state index contributed by atoms with van der Waals surface area (Å²) in [6.45, 7) is 3.82. The van der Waals surface area contributed by atoms with Gasteiger partial charge in [0, 0.05) is 5.41 Å². The molecule has 1 aromatic rings. The third-order valence-corrected chi connectivity index (χ3v) is 2.91. The van der Waals surface area contributed by atoms with E-state index in [0.29, 0.717) is 0 Å². The van der Waals surface area contributed by atoms with E-state index in [2.05, 4.69) is 5.32 Å². The number of rotatable bonds is 3. The summed E-state index contributed by atoms with van der Waals surface area (Å²) in [5.74, 6) is -0.559. The molecule has 3 nitrogen and oxygen atoms in total.